The van der Waals surface area contributed by atoms with Gasteiger partial charge in [-0.15, -0.1) is 0 Å². The molecule has 0 aliphatic carbocycles. The molecule has 0 aliphatic rings. The predicted octanol–water partition coefficient (Wildman–Crippen LogP) is 3.32. The molecular formula is C14H22ClNO. The Balaban J connectivity index is 2.68. The lowest BCUT2D eigenvalue weighted by molar-refractivity contribution is 0.136. The van der Waals surface area contributed by atoms with E-state index in [2.05, 4.69) is 30.9 Å². The topological polar surface area (TPSA) is 23.5 Å². The van der Waals surface area contributed by atoms with Crippen molar-refractivity contribution in [2.45, 2.75) is 39.3 Å². The summed E-state index contributed by atoms with van der Waals surface area (Å²) in [6, 6.07) is 8.48. The summed E-state index contributed by atoms with van der Waals surface area (Å²) in [6.07, 6.45) is 2.23. The van der Waals surface area contributed by atoms with Gasteiger partial charge in [0, 0.05) is 24.2 Å². The lowest BCUT2D eigenvalue weighted by atomic mass is 10.1. The first kappa shape index (κ1) is 14.5. The van der Waals surface area contributed by atoms with E-state index in [9.17, 15) is 0 Å². The van der Waals surface area contributed by atoms with Gasteiger partial charge in [-0.3, -0.25) is 4.90 Å². The van der Waals surface area contributed by atoms with Gasteiger partial charge in [-0.25, -0.2) is 0 Å². The van der Waals surface area contributed by atoms with E-state index in [0.29, 0.717) is 6.04 Å². The van der Waals surface area contributed by atoms with Crippen LogP contribution in [0.5, 0.6) is 0 Å². The molecule has 2 nitrogen and oxygen atoms in total. The summed E-state index contributed by atoms with van der Waals surface area (Å²) in [6.45, 7) is 6.21. The standard InChI is InChI=1S/C14H22ClNO/c1-3-14(4-2)16(9-10-17)11-12-5-7-13(15)8-6-12/h5-8,14,17H,3-4,9-11H2,1-2H3. The van der Waals surface area contributed by atoms with E-state index in [1.807, 2.05) is 12.1 Å². The fourth-order valence-electron chi connectivity index (χ4n) is 2.15. The Morgan fingerprint density at radius 3 is 2.24 bits per heavy atom. The molecule has 0 unspecified atom stereocenters. The van der Waals surface area contributed by atoms with Crippen molar-refractivity contribution >= 4 is 11.6 Å². The third-order valence-corrected chi connectivity index (χ3v) is 3.40. The Kier molecular flexibility index (Phi) is 6.56. The van der Waals surface area contributed by atoms with Crippen molar-refractivity contribution in [2.75, 3.05) is 13.2 Å². The highest BCUT2D eigenvalue weighted by Crippen LogP contribution is 2.15. The second-order valence-electron chi connectivity index (χ2n) is 4.29. The molecule has 0 fully saturated rings. The van der Waals surface area contributed by atoms with Gasteiger partial charge >= 0.3 is 0 Å². The highest BCUT2D eigenvalue weighted by molar-refractivity contribution is 6.30. The minimum atomic E-state index is 0.212. The Morgan fingerprint density at radius 2 is 1.76 bits per heavy atom. The van der Waals surface area contributed by atoms with Crippen LogP contribution in [0.25, 0.3) is 0 Å². The summed E-state index contributed by atoms with van der Waals surface area (Å²) in [4.78, 5) is 2.34. The van der Waals surface area contributed by atoms with Crippen molar-refractivity contribution in [2.24, 2.45) is 0 Å². The van der Waals surface area contributed by atoms with Gasteiger partial charge < -0.3 is 5.11 Å². The number of rotatable bonds is 7. The maximum absolute atomic E-state index is 9.14. The van der Waals surface area contributed by atoms with Crippen LogP contribution in [-0.2, 0) is 6.54 Å². The Morgan fingerprint density at radius 1 is 1.18 bits per heavy atom. The second kappa shape index (κ2) is 7.70. The Hall–Kier alpha value is -0.570. The average molecular weight is 256 g/mol. The first-order valence-corrected chi connectivity index (χ1v) is 6.68. The van der Waals surface area contributed by atoms with E-state index in [4.69, 9.17) is 16.7 Å². The zero-order chi connectivity index (χ0) is 12.7. The summed E-state index contributed by atoms with van der Waals surface area (Å²) >= 11 is 5.87. The number of aliphatic hydroxyl groups is 1. The minimum absolute atomic E-state index is 0.212. The average Bonchev–Trinajstić information content (AvgIpc) is 2.34. The molecule has 1 aromatic rings. The molecule has 0 amide bonds. The summed E-state index contributed by atoms with van der Waals surface area (Å²) in [5.41, 5.74) is 1.25. The summed E-state index contributed by atoms with van der Waals surface area (Å²) in [7, 11) is 0. The van der Waals surface area contributed by atoms with Crippen molar-refractivity contribution in [1.29, 1.82) is 0 Å². The van der Waals surface area contributed by atoms with E-state index in [0.717, 1.165) is 31.0 Å². The van der Waals surface area contributed by atoms with Gasteiger partial charge in [-0.1, -0.05) is 37.6 Å². The molecule has 0 aromatic heterocycles. The monoisotopic (exact) mass is 255 g/mol. The predicted molar refractivity (Wildman–Crippen MR) is 73.3 cm³/mol. The fourth-order valence-corrected chi connectivity index (χ4v) is 2.27. The molecule has 0 heterocycles. The van der Waals surface area contributed by atoms with Crippen LogP contribution >= 0.6 is 11.6 Å². The number of nitrogens with zero attached hydrogens (tertiary/aromatic N) is 1. The van der Waals surface area contributed by atoms with Crippen molar-refractivity contribution in [3.63, 3.8) is 0 Å². The van der Waals surface area contributed by atoms with Crippen LogP contribution in [0.2, 0.25) is 5.02 Å². The summed E-state index contributed by atoms with van der Waals surface area (Å²) in [5, 5.41) is 9.90. The third kappa shape index (κ3) is 4.66. The van der Waals surface area contributed by atoms with Gasteiger partial charge in [0.1, 0.15) is 0 Å². The fraction of sp³-hybridized carbons (Fsp3) is 0.571. The zero-order valence-electron chi connectivity index (χ0n) is 10.7. The van der Waals surface area contributed by atoms with E-state index in [1.165, 1.54) is 5.56 Å². The van der Waals surface area contributed by atoms with Crippen LogP contribution in [0, 0.1) is 0 Å². The van der Waals surface area contributed by atoms with Crippen LogP contribution in [0.4, 0.5) is 0 Å². The van der Waals surface area contributed by atoms with Crippen LogP contribution in [0.15, 0.2) is 24.3 Å². The molecule has 0 bridgehead atoms. The minimum Gasteiger partial charge on any atom is -0.395 e. The van der Waals surface area contributed by atoms with Gasteiger partial charge in [-0.05, 0) is 30.5 Å². The zero-order valence-corrected chi connectivity index (χ0v) is 11.5. The maximum atomic E-state index is 9.14. The molecule has 96 valence electrons. The van der Waals surface area contributed by atoms with Gasteiger partial charge in [0.25, 0.3) is 0 Å². The van der Waals surface area contributed by atoms with Crippen LogP contribution < -0.4 is 0 Å². The van der Waals surface area contributed by atoms with E-state index in [-0.39, 0.29) is 6.61 Å². The lowest BCUT2D eigenvalue weighted by Gasteiger charge is -2.29. The molecule has 1 N–H and O–H groups in total. The smallest absolute Gasteiger partial charge is 0.0558 e. The summed E-state index contributed by atoms with van der Waals surface area (Å²) < 4.78 is 0. The summed E-state index contributed by atoms with van der Waals surface area (Å²) in [5.74, 6) is 0. The molecule has 17 heavy (non-hydrogen) atoms. The molecule has 1 aromatic carbocycles. The highest BCUT2D eigenvalue weighted by Gasteiger charge is 2.14. The molecular weight excluding hydrogens is 234 g/mol. The SMILES string of the molecule is CCC(CC)N(CCO)Cc1ccc(Cl)cc1. The largest absolute Gasteiger partial charge is 0.395 e. The number of aliphatic hydroxyl groups excluding tert-OH is 1. The van der Waals surface area contributed by atoms with Crippen molar-refractivity contribution < 1.29 is 5.11 Å². The van der Waals surface area contributed by atoms with Crippen LogP contribution in [0.3, 0.4) is 0 Å². The number of hydrogen-bond donors (Lipinski definition) is 1. The van der Waals surface area contributed by atoms with Gasteiger partial charge in [-0.2, -0.15) is 0 Å². The van der Waals surface area contributed by atoms with E-state index in [1.54, 1.807) is 0 Å². The lowest BCUT2D eigenvalue weighted by Crippen LogP contribution is -2.36. The molecule has 3 heteroatoms. The molecule has 0 atom stereocenters. The van der Waals surface area contributed by atoms with Crippen molar-refractivity contribution in [3.05, 3.63) is 34.9 Å². The van der Waals surface area contributed by atoms with E-state index < -0.39 is 0 Å². The second-order valence-corrected chi connectivity index (χ2v) is 4.73. The van der Waals surface area contributed by atoms with Gasteiger partial charge in [0.2, 0.25) is 0 Å². The molecule has 0 aliphatic heterocycles. The quantitative estimate of drug-likeness (QED) is 0.808. The molecule has 0 spiro atoms. The molecule has 0 saturated heterocycles. The van der Waals surface area contributed by atoms with Gasteiger partial charge in [0.15, 0.2) is 0 Å². The van der Waals surface area contributed by atoms with E-state index >= 15 is 0 Å². The number of hydrogen-bond acceptors (Lipinski definition) is 2. The first-order valence-electron chi connectivity index (χ1n) is 6.30. The van der Waals surface area contributed by atoms with Crippen LogP contribution in [-0.4, -0.2) is 29.2 Å². The number of halogens is 1. The van der Waals surface area contributed by atoms with Gasteiger partial charge in [0.05, 0.1) is 6.61 Å². The maximum Gasteiger partial charge on any atom is 0.0558 e. The first-order chi connectivity index (χ1) is 8.21. The normalized spacial score (nSPS) is 11.4. The van der Waals surface area contributed by atoms with Crippen molar-refractivity contribution in [1.82, 2.24) is 4.90 Å². The van der Waals surface area contributed by atoms with Crippen LogP contribution in [0.1, 0.15) is 32.3 Å². The molecule has 0 saturated carbocycles. The third-order valence-electron chi connectivity index (χ3n) is 3.15. The van der Waals surface area contributed by atoms with Crippen molar-refractivity contribution in [3.8, 4) is 0 Å². The molecule has 1 rings (SSSR count). The molecule has 0 radical (unpaired) electrons. The highest BCUT2D eigenvalue weighted by atomic mass is 35.5. The Bertz CT molecular complexity index is 309. The number of benzene rings is 1. The Labute approximate surface area is 109 Å².